The lowest BCUT2D eigenvalue weighted by Gasteiger charge is -2.00. The Bertz CT molecular complexity index is 622. The fourth-order valence-electron chi connectivity index (χ4n) is 1.53. The lowest BCUT2D eigenvalue weighted by Crippen LogP contribution is -2.01. The van der Waals surface area contributed by atoms with Gasteiger partial charge in [-0.2, -0.15) is 5.26 Å². The first-order chi connectivity index (χ1) is 7.70. The molecule has 1 heterocycles. The minimum absolute atomic E-state index is 0.101. The maximum Gasteiger partial charge on any atom is 0.343 e. The molecule has 1 aromatic heterocycles. The Morgan fingerprint density at radius 1 is 1.38 bits per heavy atom. The van der Waals surface area contributed by atoms with E-state index < -0.39 is 5.63 Å². The SMILES string of the molecule is N#CCCc1cc2cc(O)ccc2c(=O)o1. The van der Waals surface area contributed by atoms with Gasteiger partial charge < -0.3 is 9.52 Å². The van der Waals surface area contributed by atoms with Gasteiger partial charge in [-0.15, -0.1) is 0 Å². The summed E-state index contributed by atoms with van der Waals surface area (Å²) >= 11 is 0. The van der Waals surface area contributed by atoms with Crippen LogP contribution in [0, 0.1) is 11.3 Å². The zero-order valence-corrected chi connectivity index (χ0v) is 8.43. The van der Waals surface area contributed by atoms with Gasteiger partial charge >= 0.3 is 5.63 Å². The number of rotatable bonds is 2. The van der Waals surface area contributed by atoms with E-state index in [1.54, 1.807) is 6.07 Å². The first-order valence-electron chi connectivity index (χ1n) is 4.83. The number of aromatic hydroxyl groups is 1. The molecule has 4 heteroatoms. The number of hydrogen-bond donors (Lipinski definition) is 1. The fraction of sp³-hybridized carbons (Fsp3) is 0.167. The van der Waals surface area contributed by atoms with Crippen molar-refractivity contribution in [3.8, 4) is 11.8 Å². The van der Waals surface area contributed by atoms with Gasteiger partial charge in [-0.3, -0.25) is 0 Å². The number of phenols is 1. The van der Waals surface area contributed by atoms with E-state index in [0.717, 1.165) is 0 Å². The second-order valence-electron chi connectivity index (χ2n) is 3.43. The zero-order valence-electron chi connectivity index (χ0n) is 8.43. The number of phenolic OH excluding ortho intramolecular Hbond substituents is 1. The Morgan fingerprint density at radius 2 is 2.19 bits per heavy atom. The third-order valence-corrected chi connectivity index (χ3v) is 2.28. The van der Waals surface area contributed by atoms with Crippen LogP contribution < -0.4 is 5.63 Å². The van der Waals surface area contributed by atoms with Crippen molar-refractivity contribution in [3.63, 3.8) is 0 Å². The van der Waals surface area contributed by atoms with Gasteiger partial charge in [0.25, 0.3) is 0 Å². The van der Waals surface area contributed by atoms with Crippen molar-refractivity contribution < 1.29 is 9.52 Å². The van der Waals surface area contributed by atoms with Crippen LogP contribution in [0.25, 0.3) is 10.8 Å². The minimum atomic E-state index is -0.439. The molecule has 0 aliphatic rings. The molecule has 1 aromatic carbocycles. The Hall–Kier alpha value is -2.28. The van der Waals surface area contributed by atoms with E-state index in [9.17, 15) is 9.90 Å². The van der Waals surface area contributed by atoms with Gasteiger partial charge in [0.2, 0.25) is 0 Å². The van der Waals surface area contributed by atoms with E-state index in [4.69, 9.17) is 9.68 Å². The molecule has 1 N–H and O–H groups in total. The van der Waals surface area contributed by atoms with Crippen LogP contribution in [0.15, 0.2) is 33.5 Å². The predicted molar refractivity (Wildman–Crippen MR) is 58.1 cm³/mol. The normalized spacial score (nSPS) is 10.2. The third-order valence-electron chi connectivity index (χ3n) is 2.28. The highest BCUT2D eigenvalue weighted by molar-refractivity contribution is 5.82. The summed E-state index contributed by atoms with van der Waals surface area (Å²) in [5.41, 5.74) is -0.439. The Balaban J connectivity index is 2.57. The van der Waals surface area contributed by atoms with Crippen LogP contribution >= 0.6 is 0 Å². The van der Waals surface area contributed by atoms with E-state index in [1.165, 1.54) is 18.2 Å². The summed E-state index contributed by atoms with van der Waals surface area (Å²) in [7, 11) is 0. The molecule has 0 aliphatic carbocycles. The summed E-state index contributed by atoms with van der Waals surface area (Å²) in [5.74, 6) is 0.564. The maximum absolute atomic E-state index is 11.5. The fourth-order valence-corrected chi connectivity index (χ4v) is 1.53. The molecule has 0 radical (unpaired) electrons. The van der Waals surface area contributed by atoms with Crippen LogP contribution in [0.3, 0.4) is 0 Å². The molecule has 0 atom stereocenters. The lowest BCUT2D eigenvalue weighted by molar-refractivity contribution is 0.466. The quantitative estimate of drug-likeness (QED) is 0.830. The van der Waals surface area contributed by atoms with Crippen molar-refractivity contribution in [2.45, 2.75) is 12.8 Å². The summed E-state index contributed by atoms with van der Waals surface area (Å²) < 4.78 is 5.04. The molecule has 80 valence electrons. The molecule has 2 aromatic rings. The summed E-state index contributed by atoms with van der Waals surface area (Å²) in [6, 6.07) is 8.12. The smallest absolute Gasteiger partial charge is 0.343 e. The molecule has 16 heavy (non-hydrogen) atoms. The Kier molecular flexibility index (Phi) is 2.61. The molecule has 0 amide bonds. The van der Waals surface area contributed by atoms with Crippen LogP contribution in [0.4, 0.5) is 0 Å². The van der Waals surface area contributed by atoms with Gasteiger partial charge in [0.1, 0.15) is 11.5 Å². The second kappa shape index (κ2) is 4.07. The standard InChI is InChI=1S/C12H9NO3/c13-5-1-2-10-7-8-6-9(14)3-4-11(8)12(15)16-10/h3-4,6-7,14H,1-2H2. The van der Waals surface area contributed by atoms with Crippen molar-refractivity contribution in [2.75, 3.05) is 0 Å². The van der Waals surface area contributed by atoms with Gasteiger partial charge in [-0.1, -0.05) is 0 Å². The molecule has 4 nitrogen and oxygen atoms in total. The monoisotopic (exact) mass is 215 g/mol. The Labute approximate surface area is 91.4 Å². The van der Waals surface area contributed by atoms with Crippen LogP contribution in [-0.2, 0) is 6.42 Å². The molecule has 0 bridgehead atoms. The van der Waals surface area contributed by atoms with Crippen LogP contribution in [0.5, 0.6) is 5.75 Å². The number of fused-ring (bicyclic) bond motifs is 1. The number of benzene rings is 1. The summed E-state index contributed by atoms with van der Waals surface area (Å²) in [4.78, 5) is 11.5. The number of nitriles is 1. The number of nitrogens with zero attached hydrogens (tertiary/aromatic N) is 1. The summed E-state index contributed by atoms with van der Waals surface area (Å²) in [6.07, 6.45) is 0.699. The van der Waals surface area contributed by atoms with Gasteiger partial charge in [-0.25, -0.2) is 4.79 Å². The van der Waals surface area contributed by atoms with Gasteiger partial charge in [0.05, 0.1) is 11.5 Å². The first-order valence-corrected chi connectivity index (χ1v) is 4.83. The Morgan fingerprint density at radius 3 is 2.94 bits per heavy atom. The lowest BCUT2D eigenvalue weighted by atomic mass is 10.1. The van der Waals surface area contributed by atoms with E-state index in [0.29, 0.717) is 29.4 Å². The molecule has 0 fully saturated rings. The maximum atomic E-state index is 11.5. The first kappa shape index (κ1) is 10.2. The van der Waals surface area contributed by atoms with Crippen LogP contribution in [0.2, 0.25) is 0 Å². The molecule has 0 spiro atoms. The predicted octanol–water partition coefficient (Wildman–Crippen LogP) is 1.95. The topological polar surface area (TPSA) is 74.2 Å². The molecule has 0 saturated heterocycles. The van der Waals surface area contributed by atoms with Gasteiger partial charge in [0.15, 0.2) is 0 Å². The van der Waals surface area contributed by atoms with Crippen LogP contribution in [0.1, 0.15) is 12.2 Å². The van der Waals surface area contributed by atoms with Crippen LogP contribution in [-0.4, -0.2) is 5.11 Å². The molecule has 0 aliphatic heterocycles. The summed E-state index contributed by atoms with van der Waals surface area (Å²) in [5, 5.41) is 18.8. The molecular weight excluding hydrogens is 206 g/mol. The molecule has 0 saturated carbocycles. The molecular formula is C12H9NO3. The highest BCUT2D eigenvalue weighted by atomic mass is 16.4. The highest BCUT2D eigenvalue weighted by Crippen LogP contribution is 2.18. The van der Waals surface area contributed by atoms with Crippen molar-refractivity contribution in [3.05, 3.63) is 40.4 Å². The van der Waals surface area contributed by atoms with E-state index in [-0.39, 0.29) is 5.75 Å². The van der Waals surface area contributed by atoms with Gasteiger partial charge in [-0.05, 0) is 29.7 Å². The minimum Gasteiger partial charge on any atom is -0.508 e. The van der Waals surface area contributed by atoms with E-state index in [1.807, 2.05) is 6.07 Å². The molecule has 2 rings (SSSR count). The number of aryl methyl sites for hydroxylation is 1. The third kappa shape index (κ3) is 1.89. The zero-order chi connectivity index (χ0) is 11.5. The summed E-state index contributed by atoms with van der Waals surface area (Å²) in [6.45, 7) is 0. The largest absolute Gasteiger partial charge is 0.508 e. The average Bonchev–Trinajstić information content (AvgIpc) is 2.25. The average molecular weight is 215 g/mol. The van der Waals surface area contributed by atoms with Crippen molar-refractivity contribution in [2.24, 2.45) is 0 Å². The number of hydrogen-bond acceptors (Lipinski definition) is 4. The van der Waals surface area contributed by atoms with Gasteiger partial charge in [0, 0.05) is 12.8 Å². The molecule has 0 unspecified atom stereocenters. The highest BCUT2D eigenvalue weighted by Gasteiger charge is 2.04. The van der Waals surface area contributed by atoms with Crippen molar-refractivity contribution >= 4 is 10.8 Å². The van der Waals surface area contributed by atoms with Crippen molar-refractivity contribution in [1.82, 2.24) is 0 Å². The second-order valence-corrected chi connectivity index (χ2v) is 3.43. The van der Waals surface area contributed by atoms with E-state index in [2.05, 4.69) is 0 Å². The van der Waals surface area contributed by atoms with E-state index >= 15 is 0 Å². The van der Waals surface area contributed by atoms with Crippen molar-refractivity contribution in [1.29, 1.82) is 5.26 Å².